The van der Waals surface area contributed by atoms with E-state index < -0.39 is 27.7 Å². The second-order valence-electron chi connectivity index (χ2n) is 8.88. The van der Waals surface area contributed by atoms with Gasteiger partial charge in [0.05, 0.1) is 30.8 Å². The third-order valence-corrected chi connectivity index (χ3v) is 7.63. The Bertz CT molecular complexity index is 1190. The molecule has 8 nitrogen and oxygen atoms in total. The summed E-state index contributed by atoms with van der Waals surface area (Å²) in [6.07, 6.45) is 2.66. The van der Waals surface area contributed by atoms with Crippen molar-refractivity contribution in [3.05, 3.63) is 40.5 Å². The SMILES string of the molecule is CCOc1cc(/C=C2\C(=O)N(C3CCS(=O)(=O)C3)C(=O)C(C#N)=C2C)ccc1OCCC(C)C. The van der Waals surface area contributed by atoms with Crippen LogP contribution < -0.4 is 9.47 Å². The van der Waals surface area contributed by atoms with Gasteiger partial charge in [-0.25, -0.2) is 8.42 Å². The molecule has 0 aromatic heterocycles. The molecule has 0 radical (unpaired) electrons. The summed E-state index contributed by atoms with van der Waals surface area (Å²) in [4.78, 5) is 27.1. The average molecular weight is 487 g/mol. The molecule has 3 rings (SSSR count). The molecule has 1 unspecified atom stereocenters. The van der Waals surface area contributed by atoms with Crippen LogP contribution in [0.25, 0.3) is 6.08 Å². The molecule has 2 amide bonds. The fourth-order valence-corrected chi connectivity index (χ4v) is 5.68. The smallest absolute Gasteiger partial charge is 0.271 e. The Balaban J connectivity index is 1.98. The van der Waals surface area contributed by atoms with Gasteiger partial charge in [-0.05, 0) is 62.0 Å². The Hall–Kier alpha value is -3.12. The summed E-state index contributed by atoms with van der Waals surface area (Å²) < 4.78 is 35.5. The number of benzene rings is 1. The highest BCUT2D eigenvalue weighted by molar-refractivity contribution is 7.91. The molecule has 34 heavy (non-hydrogen) atoms. The lowest BCUT2D eigenvalue weighted by Crippen LogP contribution is -2.49. The highest BCUT2D eigenvalue weighted by Crippen LogP contribution is 2.34. The van der Waals surface area contributed by atoms with Gasteiger partial charge in [0.25, 0.3) is 11.8 Å². The maximum Gasteiger partial charge on any atom is 0.271 e. The van der Waals surface area contributed by atoms with Crippen LogP contribution in [-0.2, 0) is 19.4 Å². The lowest BCUT2D eigenvalue weighted by Gasteiger charge is -2.31. The monoisotopic (exact) mass is 486 g/mol. The molecule has 1 saturated heterocycles. The largest absolute Gasteiger partial charge is 0.490 e. The molecule has 182 valence electrons. The van der Waals surface area contributed by atoms with E-state index in [1.165, 1.54) is 0 Å². The average Bonchev–Trinajstić information content (AvgIpc) is 3.12. The summed E-state index contributed by atoms with van der Waals surface area (Å²) in [6, 6.07) is 6.39. The molecule has 0 N–H and O–H groups in total. The van der Waals surface area contributed by atoms with Gasteiger partial charge < -0.3 is 9.47 Å². The highest BCUT2D eigenvalue weighted by atomic mass is 32.2. The molecular formula is C25H30N2O6S. The summed E-state index contributed by atoms with van der Waals surface area (Å²) in [5.41, 5.74) is 0.919. The quantitative estimate of drug-likeness (QED) is 0.409. The van der Waals surface area contributed by atoms with Crippen molar-refractivity contribution in [2.24, 2.45) is 5.92 Å². The van der Waals surface area contributed by atoms with Gasteiger partial charge in [-0.1, -0.05) is 19.9 Å². The third kappa shape index (κ3) is 5.50. The molecule has 0 saturated carbocycles. The maximum atomic E-state index is 13.3. The lowest BCUT2D eigenvalue weighted by atomic mass is 9.92. The van der Waals surface area contributed by atoms with E-state index in [2.05, 4.69) is 13.8 Å². The standard InChI is InChI=1S/C25H30N2O6S/c1-5-32-23-13-18(6-7-22(23)33-10-8-16(2)3)12-20-17(4)21(14-26)25(29)27(24(20)28)19-9-11-34(30,31)15-19/h6-7,12-13,16,19H,5,8-11,15H2,1-4H3/b20-12-. The number of nitrogens with zero attached hydrogens (tertiary/aromatic N) is 2. The topological polar surface area (TPSA) is 114 Å². The molecule has 1 aromatic carbocycles. The number of carbonyl (C=O) groups is 2. The summed E-state index contributed by atoms with van der Waals surface area (Å²) >= 11 is 0. The van der Waals surface area contributed by atoms with Crippen molar-refractivity contribution in [3.8, 4) is 17.6 Å². The minimum Gasteiger partial charge on any atom is -0.490 e. The Morgan fingerprint density at radius 2 is 1.94 bits per heavy atom. The van der Waals surface area contributed by atoms with E-state index in [9.17, 15) is 23.3 Å². The molecule has 0 spiro atoms. The molecule has 1 fully saturated rings. The Morgan fingerprint density at radius 1 is 1.21 bits per heavy atom. The number of amides is 2. The van der Waals surface area contributed by atoms with Gasteiger partial charge in [0.15, 0.2) is 21.3 Å². The number of carbonyl (C=O) groups excluding carboxylic acids is 2. The number of ether oxygens (including phenoxy) is 2. The van der Waals surface area contributed by atoms with E-state index in [-0.39, 0.29) is 34.6 Å². The maximum absolute atomic E-state index is 13.3. The van der Waals surface area contributed by atoms with Crippen molar-refractivity contribution in [2.45, 2.75) is 46.6 Å². The second-order valence-corrected chi connectivity index (χ2v) is 11.1. The molecule has 2 heterocycles. The van der Waals surface area contributed by atoms with E-state index in [1.807, 2.05) is 13.0 Å². The molecule has 0 aliphatic carbocycles. The van der Waals surface area contributed by atoms with Crippen molar-refractivity contribution >= 4 is 27.7 Å². The van der Waals surface area contributed by atoms with Gasteiger partial charge in [0.2, 0.25) is 0 Å². The summed E-state index contributed by atoms with van der Waals surface area (Å²) in [7, 11) is -3.33. The van der Waals surface area contributed by atoms with Crippen LogP contribution >= 0.6 is 0 Å². The Morgan fingerprint density at radius 3 is 2.53 bits per heavy atom. The van der Waals surface area contributed by atoms with E-state index in [4.69, 9.17) is 9.47 Å². The summed E-state index contributed by atoms with van der Waals surface area (Å²) in [5, 5.41) is 9.59. The number of nitriles is 1. The first-order valence-corrected chi connectivity index (χ1v) is 13.2. The first kappa shape index (κ1) is 25.5. The van der Waals surface area contributed by atoms with E-state index in [0.29, 0.717) is 36.2 Å². The molecule has 1 atom stereocenters. The number of rotatable bonds is 8. The van der Waals surface area contributed by atoms with Gasteiger partial charge in [0, 0.05) is 5.57 Å². The number of hydrogen-bond donors (Lipinski definition) is 0. The van der Waals surface area contributed by atoms with Crippen molar-refractivity contribution < 1.29 is 27.5 Å². The van der Waals surface area contributed by atoms with Crippen LogP contribution in [0.4, 0.5) is 0 Å². The summed E-state index contributed by atoms with van der Waals surface area (Å²) in [6.45, 7) is 8.61. The summed E-state index contributed by atoms with van der Waals surface area (Å²) in [5.74, 6) is -0.0901. The van der Waals surface area contributed by atoms with Crippen LogP contribution in [0.2, 0.25) is 0 Å². The van der Waals surface area contributed by atoms with Crippen LogP contribution in [0.1, 0.15) is 46.1 Å². The molecule has 1 aromatic rings. The van der Waals surface area contributed by atoms with E-state index in [0.717, 1.165) is 11.3 Å². The minimum absolute atomic E-state index is 0.0889. The van der Waals surface area contributed by atoms with Crippen LogP contribution in [-0.4, -0.2) is 55.9 Å². The van der Waals surface area contributed by atoms with Gasteiger partial charge in [-0.3, -0.25) is 14.5 Å². The van der Waals surface area contributed by atoms with Gasteiger partial charge in [-0.2, -0.15) is 5.26 Å². The van der Waals surface area contributed by atoms with Crippen LogP contribution in [0.3, 0.4) is 0 Å². The van der Waals surface area contributed by atoms with Crippen molar-refractivity contribution in [1.29, 1.82) is 5.26 Å². The number of hydrogen-bond acceptors (Lipinski definition) is 7. The van der Waals surface area contributed by atoms with E-state index >= 15 is 0 Å². The normalized spacial score (nSPS) is 21.4. The molecule has 9 heteroatoms. The lowest BCUT2D eigenvalue weighted by molar-refractivity contribution is -0.142. The van der Waals surface area contributed by atoms with Gasteiger partial charge in [-0.15, -0.1) is 0 Å². The third-order valence-electron chi connectivity index (χ3n) is 5.88. The highest BCUT2D eigenvalue weighted by Gasteiger charge is 2.43. The first-order chi connectivity index (χ1) is 16.1. The second kappa shape index (κ2) is 10.4. The minimum atomic E-state index is -3.33. The molecule has 0 bridgehead atoms. The fraction of sp³-hybridized carbons (Fsp3) is 0.480. The fourth-order valence-electron chi connectivity index (χ4n) is 3.98. The van der Waals surface area contributed by atoms with Crippen molar-refractivity contribution in [2.75, 3.05) is 24.7 Å². The zero-order valence-corrected chi connectivity index (χ0v) is 20.8. The molecule has 2 aliphatic rings. The molecular weight excluding hydrogens is 456 g/mol. The van der Waals surface area contributed by atoms with Crippen LogP contribution in [0.15, 0.2) is 34.9 Å². The van der Waals surface area contributed by atoms with Crippen molar-refractivity contribution in [3.63, 3.8) is 0 Å². The zero-order chi connectivity index (χ0) is 25.0. The Kier molecular flexibility index (Phi) is 7.82. The predicted octanol–water partition coefficient (Wildman–Crippen LogP) is 3.29. The first-order valence-electron chi connectivity index (χ1n) is 11.4. The van der Waals surface area contributed by atoms with Crippen LogP contribution in [0, 0.1) is 17.2 Å². The van der Waals surface area contributed by atoms with Crippen molar-refractivity contribution in [1.82, 2.24) is 4.90 Å². The van der Waals surface area contributed by atoms with Gasteiger partial charge >= 0.3 is 0 Å². The zero-order valence-electron chi connectivity index (χ0n) is 20.0. The predicted molar refractivity (Wildman–Crippen MR) is 128 cm³/mol. The number of imide groups is 1. The Labute approximate surface area is 200 Å². The number of sulfone groups is 1. The molecule has 2 aliphatic heterocycles. The van der Waals surface area contributed by atoms with E-state index in [1.54, 1.807) is 31.2 Å². The van der Waals surface area contributed by atoms with Crippen LogP contribution in [0.5, 0.6) is 11.5 Å². The van der Waals surface area contributed by atoms with Gasteiger partial charge in [0.1, 0.15) is 11.6 Å².